The van der Waals surface area contributed by atoms with Gasteiger partial charge in [0.1, 0.15) is 5.75 Å². The molecule has 162 valence electrons. The van der Waals surface area contributed by atoms with Gasteiger partial charge in [-0.1, -0.05) is 0 Å². The Hall–Kier alpha value is -1.60. The average molecular weight is 423 g/mol. The molecule has 0 heterocycles. The Labute approximate surface area is 174 Å². The molecule has 0 saturated heterocycles. The van der Waals surface area contributed by atoms with Crippen LogP contribution in [-0.4, -0.2) is 32.2 Å². The lowest BCUT2D eigenvalue weighted by molar-refractivity contribution is -0.120. The van der Waals surface area contributed by atoms with Crippen LogP contribution < -0.4 is 14.8 Å². The molecule has 0 aromatic heterocycles. The topological polar surface area (TPSA) is 84.5 Å². The normalized spacial score (nSPS) is 22.5. The van der Waals surface area contributed by atoms with Crippen molar-refractivity contribution < 1.29 is 17.9 Å². The summed E-state index contributed by atoms with van der Waals surface area (Å²) in [5.41, 5.74) is 2.93. The summed E-state index contributed by atoms with van der Waals surface area (Å²) in [5, 5.41) is 2.63. The van der Waals surface area contributed by atoms with E-state index >= 15 is 0 Å². The first kappa shape index (κ1) is 22.1. The third kappa shape index (κ3) is 5.72. The highest BCUT2D eigenvalue weighted by Crippen LogP contribution is 2.33. The van der Waals surface area contributed by atoms with Crippen LogP contribution in [0, 0.1) is 25.7 Å². The van der Waals surface area contributed by atoms with E-state index in [1.54, 1.807) is 13.8 Å². The lowest BCUT2D eigenvalue weighted by Gasteiger charge is -2.29. The van der Waals surface area contributed by atoms with Crippen molar-refractivity contribution in [3.63, 3.8) is 0 Å². The first-order chi connectivity index (χ1) is 13.7. The van der Waals surface area contributed by atoms with Crippen LogP contribution in [-0.2, 0) is 14.8 Å². The number of sulfonamides is 1. The maximum atomic E-state index is 12.8. The molecule has 0 unspecified atom stereocenters. The minimum absolute atomic E-state index is 0.0179. The fraction of sp³-hybridized carbons (Fsp3) is 0.682. The number of hydrogen-bond acceptors (Lipinski definition) is 4. The Kier molecular flexibility index (Phi) is 6.89. The van der Waals surface area contributed by atoms with Gasteiger partial charge in [0.2, 0.25) is 15.9 Å². The van der Waals surface area contributed by atoms with Crippen molar-refractivity contribution in [3.05, 3.63) is 23.3 Å². The summed E-state index contributed by atoms with van der Waals surface area (Å²) in [5.74, 6) is 1.53. The third-order valence-corrected chi connectivity index (χ3v) is 8.12. The van der Waals surface area contributed by atoms with Gasteiger partial charge in [-0.2, -0.15) is 0 Å². The molecule has 29 heavy (non-hydrogen) atoms. The zero-order valence-electron chi connectivity index (χ0n) is 18.0. The number of nitrogens with one attached hydrogen (secondary N) is 2. The molecule has 2 N–H and O–H groups in total. The number of benzene rings is 1. The number of ether oxygens (including phenoxy) is 1. The second kappa shape index (κ2) is 9.04. The van der Waals surface area contributed by atoms with Crippen molar-refractivity contribution in [1.82, 2.24) is 4.72 Å². The van der Waals surface area contributed by atoms with E-state index < -0.39 is 15.3 Å². The van der Waals surface area contributed by atoms with E-state index in [-0.39, 0.29) is 17.9 Å². The second-order valence-electron chi connectivity index (χ2n) is 8.87. The zero-order chi connectivity index (χ0) is 21.2. The molecule has 0 aliphatic heterocycles. The van der Waals surface area contributed by atoms with Gasteiger partial charge in [0, 0.05) is 17.6 Å². The van der Waals surface area contributed by atoms with Gasteiger partial charge in [0.15, 0.2) is 0 Å². The Morgan fingerprint density at radius 1 is 1.07 bits per heavy atom. The summed E-state index contributed by atoms with van der Waals surface area (Å²) >= 11 is 0. The molecule has 1 amide bonds. The summed E-state index contributed by atoms with van der Waals surface area (Å²) in [6.07, 6.45) is 5.28. The maximum Gasteiger partial charge on any atom is 0.227 e. The van der Waals surface area contributed by atoms with Gasteiger partial charge in [-0.15, -0.1) is 0 Å². The predicted octanol–water partition coefficient (Wildman–Crippen LogP) is 3.92. The lowest BCUT2D eigenvalue weighted by atomic mass is 9.86. The van der Waals surface area contributed by atoms with Crippen molar-refractivity contribution in [2.75, 3.05) is 11.9 Å². The zero-order valence-corrected chi connectivity index (χ0v) is 18.8. The van der Waals surface area contributed by atoms with Crippen molar-refractivity contribution in [2.45, 2.75) is 77.5 Å². The van der Waals surface area contributed by atoms with E-state index in [0.717, 1.165) is 29.2 Å². The first-order valence-corrected chi connectivity index (χ1v) is 12.3. The van der Waals surface area contributed by atoms with E-state index in [4.69, 9.17) is 4.74 Å². The standard InChI is InChI=1S/C22H34N2O4S/c1-14(2)29(26,27)24-19-9-7-18(8-10-19)22(25)23-20-11-12-21(16(4)15(20)3)28-13-17-5-6-17/h11-12,14,17-19,24H,5-10,13H2,1-4H3,(H,23,25)/t18-,19-. The summed E-state index contributed by atoms with van der Waals surface area (Å²) < 4.78 is 32.8. The Bertz CT molecular complexity index is 839. The average Bonchev–Trinajstić information content (AvgIpc) is 3.49. The van der Waals surface area contributed by atoms with Crippen LogP contribution in [0.5, 0.6) is 5.75 Å². The maximum absolute atomic E-state index is 12.8. The molecule has 0 atom stereocenters. The Balaban J connectivity index is 1.53. The first-order valence-electron chi connectivity index (χ1n) is 10.7. The summed E-state index contributed by atoms with van der Waals surface area (Å²) in [4.78, 5) is 12.8. The molecule has 7 heteroatoms. The van der Waals surface area contributed by atoms with Gasteiger partial charge in [0.05, 0.1) is 11.9 Å². The number of amides is 1. The van der Waals surface area contributed by atoms with Crippen molar-refractivity contribution >= 4 is 21.6 Å². The van der Waals surface area contributed by atoms with E-state index in [1.807, 2.05) is 26.0 Å². The highest BCUT2D eigenvalue weighted by atomic mass is 32.2. The number of hydrogen-bond donors (Lipinski definition) is 2. The highest BCUT2D eigenvalue weighted by molar-refractivity contribution is 7.90. The minimum atomic E-state index is -3.27. The molecule has 3 rings (SSSR count). The second-order valence-corrected chi connectivity index (χ2v) is 11.1. The smallest absolute Gasteiger partial charge is 0.227 e. The summed E-state index contributed by atoms with van der Waals surface area (Å²) in [6, 6.07) is 3.79. The fourth-order valence-corrected chi connectivity index (χ4v) is 4.63. The van der Waals surface area contributed by atoms with E-state index in [2.05, 4.69) is 10.0 Å². The van der Waals surface area contributed by atoms with Crippen LogP contribution in [0.3, 0.4) is 0 Å². The SMILES string of the molecule is Cc1c(NC(=O)[C@H]2CC[C@H](NS(=O)(=O)C(C)C)CC2)ccc(OCC2CC2)c1C. The Morgan fingerprint density at radius 3 is 2.31 bits per heavy atom. The van der Waals surface area contributed by atoms with Crippen LogP contribution in [0.25, 0.3) is 0 Å². The molecule has 2 aliphatic carbocycles. The molecule has 0 spiro atoms. The molecule has 2 fully saturated rings. The van der Waals surface area contributed by atoms with E-state index in [0.29, 0.717) is 31.6 Å². The van der Waals surface area contributed by atoms with Crippen molar-refractivity contribution in [1.29, 1.82) is 0 Å². The van der Waals surface area contributed by atoms with E-state index in [9.17, 15) is 13.2 Å². The van der Waals surface area contributed by atoms with Gasteiger partial charge < -0.3 is 10.1 Å². The van der Waals surface area contributed by atoms with Crippen LogP contribution in [0.15, 0.2) is 12.1 Å². The Morgan fingerprint density at radius 2 is 1.72 bits per heavy atom. The molecule has 2 aliphatic rings. The van der Waals surface area contributed by atoms with Crippen LogP contribution in [0.1, 0.15) is 63.5 Å². The van der Waals surface area contributed by atoms with Crippen molar-refractivity contribution in [2.24, 2.45) is 11.8 Å². The number of anilines is 1. The monoisotopic (exact) mass is 422 g/mol. The molecular weight excluding hydrogens is 388 g/mol. The molecule has 1 aromatic carbocycles. The quantitative estimate of drug-likeness (QED) is 0.665. The van der Waals surface area contributed by atoms with Gasteiger partial charge >= 0.3 is 0 Å². The number of carbonyl (C=O) groups is 1. The largest absolute Gasteiger partial charge is 0.493 e. The minimum Gasteiger partial charge on any atom is -0.493 e. The lowest BCUT2D eigenvalue weighted by Crippen LogP contribution is -2.42. The molecular formula is C22H34N2O4S. The van der Waals surface area contributed by atoms with Gasteiger partial charge in [-0.25, -0.2) is 13.1 Å². The van der Waals surface area contributed by atoms with Gasteiger partial charge in [0.25, 0.3) is 0 Å². The molecule has 6 nitrogen and oxygen atoms in total. The summed E-state index contributed by atoms with van der Waals surface area (Å²) in [6.45, 7) is 8.16. The van der Waals surface area contributed by atoms with Crippen LogP contribution in [0.4, 0.5) is 5.69 Å². The molecule has 0 bridgehead atoms. The molecule has 1 aromatic rings. The third-order valence-electron chi connectivity index (χ3n) is 6.22. The summed E-state index contributed by atoms with van der Waals surface area (Å²) in [7, 11) is -3.27. The predicted molar refractivity (Wildman–Crippen MR) is 116 cm³/mol. The van der Waals surface area contributed by atoms with Crippen LogP contribution >= 0.6 is 0 Å². The number of carbonyl (C=O) groups excluding carboxylic acids is 1. The number of rotatable bonds is 8. The van der Waals surface area contributed by atoms with Crippen molar-refractivity contribution in [3.8, 4) is 5.75 Å². The van der Waals surface area contributed by atoms with Gasteiger partial charge in [-0.05, 0) is 95.4 Å². The van der Waals surface area contributed by atoms with Gasteiger partial charge in [-0.3, -0.25) is 4.79 Å². The van der Waals surface area contributed by atoms with E-state index in [1.165, 1.54) is 12.8 Å². The fourth-order valence-electron chi connectivity index (χ4n) is 3.66. The van der Waals surface area contributed by atoms with Crippen LogP contribution in [0.2, 0.25) is 0 Å². The molecule has 2 saturated carbocycles. The molecule has 0 radical (unpaired) electrons. The highest BCUT2D eigenvalue weighted by Gasteiger charge is 2.30.